The number of benzene rings is 1. The van der Waals surface area contributed by atoms with Gasteiger partial charge in [0.25, 0.3) is 0 Å². The average molecular weight is 846 g/mol. The molecule has 4 aliphatic heterocycles. The predicted octanol–water partition coefficient (Wildman–Crippen LogP) is 5.17. The molecule has 55 heavy (non-hydrogen) atoms. The molecule has 0 bridgehead atoms. The fourth-order valence-electron chi connectivity index (χ4n) is 5.28. The Kier molecular flexibility index (Phi) is 55.6. The summed E-state index contributed by atoms with van der Waals surface area (Å²) < 4.78 is 17.6. The van der Waals surface area contributed by atoms with Gasteiger partial charge in [-0.2, -0.15) is 0 Å². The third kappa shape index (κ3) is 40.6. The van der Waals surface area contributed by atoms with Gasteiger partial charge < -0.3 is 41.1 Å². The number of piperazine rings is 4. The second-order valence-electron chi connectivity index (χ2n) is 12.4. The zero-order chi connectivity index (χ0) is 39.1. The Bertz CT molecular complexity index is 881. The maximum absolute atomic E-state index is 10.8. The van der Waals surface area contributed by atoms with E-state index in [2.05, 4.69) is 84.5 Å². The maximum atomic E-state index is 10.8. The molecular formula is C40H87B2BrN8O4. The largest absolute Gasteiger partial charge is 0.478 e. The number of unbranched alkanes of at least 4 members (excludes halogenated alkanes) is 2. The van der Waals surface area contributed by atoms with Gasteiger partial charge in [0.2, 0.25) is 0 Å². The summed E-state index contributed by atoms with van der Waals surface area (Å²) in [6, 6.07) is 7.19. The van der Waals surface area contributed by atoms with Crippen LogP contribution in [0.4, 0.5) is 0 Å². The SMILES string of the molecule is C.C.C.C1CNCCN1.CB=O.CB=O.CCCCCBr.CCN1CCN(Cc2ccc(C(=O)O)cc2)CC1.CCN1CCNCC1.CCN1CCNCC1. The van der Waals surface area contributed by atoms with Crippen LogP contribution in [0, 0.1) is 0 Å². The Balaban J connectivity index is -0.000000193. The van der Waals surface area contributed by atoms with Crippen LogP contribution in [-0.4, -0.2) is 175 Å². The molecule has 324 valence electrons. The van der Waals surface area contributed by atoms with Crippen LogP contribution in [0.1, 0.15) is 85.2 Å². The van der Waals surface area contributed by atoms with Crippen molar-refractivity contribution in [1.29, 1.82) is 0 Å². The third-order valence-corrected chi connectivity index (χ3v) is 9.09. The van der Waals surface area contributed by atoms with Crippen molar-refractivity contribution in [2.75, 3.05) is 130 Å². The van der Waals surface area contributed by atoms with Gasteiger partial charge in [-0.15, -0.1) is 0 Å². The first-order valence-corrected chi connectivity index (χ1v) is 20.8. The normalized spacial score (nSPS) is 16.6. The number of hydrogen-bond acceptors (Lipinski definition) is 11. The number of carboxylic acids is 1. The molecule has 5 N–H and O–H groups in total. The first-order chi connectivity index (χ1) is 25.3. The van der Waals surface area contributed by atoms with E-state index >= 15 is 0 Å². The van der Waals surface area contributed by atoms with E-state index in [0.29, 0.717) is 5.56 Å². The van der Waals surface area contributed by atoms with Gasteiger partial charge in [0.15, 0.2) is 0 Å². The van der Waals surface area contributed by atoms with E-state index in [0.717, 1.165) is 79.7 Å². The van der Waals surface area contributed by atoms with Gasteiger partial charge in [0, 0.05) is 117 Å². The average Bonchev–Trinajstić information content (AvgIpc) is 3.20. The molecule has 4 aliphatic rings. The van der Waals surface area contributed by atoms with Crippen LogP contribution in [0.2, 0.25) is 13.6 Å². The van der Waals surface area contributed by atoms with Crippen molar-refractivity contribution >= 4 is 36.2 Å². The Morgan fingerprint density at radius 2 is 0.927 bits per heavy atom. The summed E-state index contributed by atoms with van der Waals surface area (Å²) in [6.07, 6.45) is 4.02. The minimum atomic E-state index is -0.863. The molecule has 0 atom stereocenters. The molecule has 4 fully saturated rings. The third-order valence-electron chi connectivity index (χ3n) is 8.53. The number of likely N-dealkylation sites (N-methyl/N-ethyl adjacent to an activating group) is 3. The van der Waals surface area contributed by atoms with E-state index in [1.807, 2.05) is 12.1 Å². The summed E-state index contributed by atoms with van der Waals surface area (Å²) in [4.78, 5) is 20.5. The van der Waals surface area contributed by atoms with Crippen LogP contribution in [0.5, 0.6) is 0 Å². The van der Waals surface area contributed by atoms with Crippen LogP contribution in [0.25, 0.3) is 0 Å². The number of aromatic carboxylic acids is 1. The van der Waals surface area contributed by atoms with E-state index in [4.69, 9.17) is 14.5 Å². The van der Waals surface area contributed by atoms with Gasteiger partial charge in [-0.3, -0.25) is 4.90 Å². The molecule has 0 aromatic heterocycles. The molecule has 0 aliphatic carbocycles. The van der Waals surface area contributed by atoms with E-state index < -0.39 is 5.97 Å². The van der Waals surface area contributed by atoms with Crippen molar-refractivity contribution in [1.82, 2.24) is 40.9 Å². The minimum Gasteiger partial charge on any atom is -0.478 e. The number of halogens is 1. The minimum absolute atomic E-state index is 0. The first kappa shape index (κ1) is 62.8. The van der Waals surface area contributed by atoms with Crippen molar-refractivity contribution < 1.29 is 19.3 Å². The van der Waals surface area contributed by atoms with E-state index in [1.54, 1.807) is 12.1 Å². The Morgan fingerprint density at radius 3 is 1.18 bits per heavy atom. The summed E-state index contributed by atoms with van der Waals surface area (Å²) in [6.45, 7) is 34.8. The fourth-order valence-corrected chi connectivity index (χ4v) is 5.67. The smallest absolute Gasteiger partial charge is 0.335 e. The van der Waals surface area contributed by atoms with E-state index in [1.165, 1.54) is 109 Å². The number of hydrogen-bond donors (Lipinski definition) is 5. The van der Waals surface area contributed by atoms with Crippen molar-refractivity contribution in [2.24, 2.45) is 0 Å². The molecule has 1 aromatic carbocycles. The molecule has 0 saturated carbocycles. The van der Waals surface area contributed by atoms with Gasteiger partial charge in [-0.1, -0.05) is 90.9 Å². The number of nitrogens with zero attached hydrogens (tertiary/aromatic N) is 4. The van der Waals surface area contributed by atoms with Crippen molar-refractivity contribution in [3.05, 3.63) is 35.4 Å². The zero-order valence-electron chi connectivity index (χ0n) is 33.8. The number of carbonyl (C=O) groups is 1. The monoisotopic (exact) mass is 845 g/mol. The molecule has 5 rings (SSSR count). The van der Waals surface area contributed by atoms with E-state index in [-0.39, 0.29) is 22.3 Å². The van der Waals surface area contributed by atoms with Gasteiger partial charge >= 0.3 is 43.3 Å². The summed E-state index contributed by atoms with van der Waals surface area (Å²) in [5.74, 6) is -0.863. The van der Waals surface area contributed by atoms with Crippen molar-refractivity contribution in [2.45, 2.75) is 89.4 Å². The Labute approximate surface area is 349 Å². The van der Waals surface area contributed by atoms with Crippen LogP contribution in [0.3, 0.4) is 0 Å². The molecule has 4 saturated heterocycles. The molecule has 0 radical (unpaired) electrons. The molecule has 0 spiro atoms. The summed E-state index contributed by atoms with van der Waals surface area (Å²) in [5, 5.41) is 23.1. The van der Waals surface area contributed by atoms with Gasteiger partial charge in [0.05, 0.1) is 5.56 Å². The number of nitrogens with one attached hydrogen (secondary N) is 4. The van der Waals surface area contributed by atoms with Gasteiger partial charge in [0.1, 0.15) is 0 Å². The first-order valence-electron chi connectivity index (χ1n) is 19.7. The zero-order valence-corrected chi connectivity index (χ0v) is 35.4. The Hall–Kier alpha value is -1.42. The molecule has 12 nitrogen and oxygen atoms in total. The number of carboxylic acid groups (broad SMARTS) is 1. The van der Waals surface area contributed by atoms with Gasteiger partial charge in [-0.05, 0) is 43.8 Å². The second-order valence-corrected chi connectivity index (χ2v) is 13.2. The quantitative estimate of drug-likeness (QED) is 0.128. The summed E-state index contributed by atoms with van der Waals surface area (Å²) in [5.41, 5.74) is 1.54. The summed E-state index contributed by atoms with van der Waals surface area (Å²) >= 11 is 3.35. The van der Waals surface area contributed by atoms with Crippen LogP contribution < -0.4 is 21.3 Å². The molecule has 4 heterocycles. The molecule has 0 unspecified atom stereocenters. The molecule has 0 amide bonds. The molecule has 1 aromatic rings. The van der Waals surface area contributed by atoms with Crippen molar-refractivity contribution in [3.8, 4) is 0 Å². The predicted molar refractivity (Wildman–Crippen MR) is 245 cm³/mol. The molecular weight excluding hydrogens is 758 g/mol. The molecule has 15 heteroatoms. The Morgan fingerprint density at radius 1 is 0.600 bits per heavy atom. The van der Waals surface area contributed by atoms with Gasteiger partial charge in [-0.25, -0.2) is 4.79 Å². The van der Waals surface area contributed by atoms with Crippen LogP contribution >= 0.6 is 15.9 Å². The standard InChI is InChI=1S/C14H20N2O2.2C6H14N2.C5H11Br.C4H10N2.2CH3BO.3CH4/c1-2-15-7-9-16(10-8-15)11-12-3-5-13(6-4-12)14(17)18;2*1-2-8-5-3-7-4-6-8;1-2-3-4-5-6;1-2-6-4-3-5-1;2*1-2-3;;;/h3-6H,2,7-11H2,1H3,(H,17,18);2*7H,2-6H2,1H3;2-5H2,1H3;5-6H,1-4H2;2*1H3;3*1H4. The second kappa shape index (κ2) is 48.7. The van der Waals surface area contributed by atoms with E-state index in [9.17, 15) is 4.79 Å². The van der Waals surface area contributed by atoms with Crippen LogP contribution in [0.15, 0.2) is 24.3 Å². The maximum Gasteiger partial charge on any atom is 0.335 e. The topological polar surface area (TPSA) is 133 Å². The van der Waals surface area contributed by atoms with Crippen molar-refractivity contribution in [3.63, 3.8) is 0 Å². The fraction of sp³-hybridized carbons (Fsp3) is 0.825. The number of alkyl halides is 1. The number of rotatable bonds is 9. The summed E-state index contributed by atoms with van der Waals surface area (Å²) in [7, 11) is 1.50. The van der Waals surface area contributed by atoms with Crippen LogP contribution in [-0.2, 0) is 16.0 Å².